The lowest BCUT2D eigenvalue weighted by Crippen LogP contribution is -2.20. The standard InChI is InChI=1S/C18H15ClN6O3S/c1-9-22-15-12(7-27-2)14(6-20-17(15)29-9)24-18(26)23-10-3-4-11(13(19)5-10)16-25-21-8-28-16/h3-6,8H,7H2,1-2H3,(H2,23,24,26). The Morgan fingerprint density at radius 3 is 2.93 bits per heavy atom. The summed E-state index contributed by atoms with van der Waals surface area (Å²) in [5.41, 5.74) is 3.09. The molecule has 0 aliphatic heterocycles. The van der Waals surface area contributed by atoms with Gasteiger partial charge in [0.25, 0.3) is 0 Å². The van der Waals surface area contributed by atoms with Crippen LogP contribution in [-0.2, 0) is 11.3 Å². The number of aryl methyl sites for hydroxylation is 1. The molecule has 4 aromatic rings. The highest BCUT2D eigenvalue weighted by Crippen LogP contribution is 2.30. The van der Waals surface area contributed by atoms with Crippen molar-refractivity contribution in [3.8, 4) is 11.5 Å². The van der Waals surface area contributed by atoms with E-state index in [1.54, 1.807) is 31.5 Å². The van der Waals surface area contributed by atoms with Crippen molar-refractivity contribution in [1.82, 2.24) is 20.2 Å². The van der Waals surface area contributed by atoms with Crippen molar-refractivity contribution in [2.75, 3.05) is 17.7 Å². The number of ether oxygens (including phenoxy) is 1. The largest absolute Gasteiger partial charge is 0.423 e. The molecule has 1 aromatic carbocycles. The third-order valence-electron chi connectivity index (χ3n) is 3.99. The highest BCUT2D eigenvalue weighted by Gasteiger charge is 2.16. The summed E-state index contributed by atoms with van der Waals surface area (Å²) in [5.74, 6) is 0.299. The highest BCUT2D eigenvalue weighted by atomic mass is 35.5. The molecule has 0 saturated heterocycles. The first-order valence-electron chi connectivity index (χ1n) is 8.43. The summed E-state index contributed by atoms with van der Waals surface area (Å²) < 4.78 is 10.4. The number of pyridine rings is 1. The lowest BCUT2D eigenvalue weighted by molar-refractivity contribution is 0.186. The first-order valence-corrected chi connectivity index (χ1v) is 9.62. The molecule has 0 spiro atoms. The van der Waals surface area contributed by atoms with Gasteiger partial charge in [-0.05, 0) is 25.1 Å². The second kappa shape index (κ2) is 8.11. The number of methoxy groups -OCH3 is 1. The fraction of sp³-hybridized carbons (Fsp3) is 0.167. The van der Waals surface area contributed by atoms with E-state index in [0.29, 0.717) is 34.5 Å². The van der Waals surface area contributed by atoms with E-state index in [2.05, 4.69) is 30.8 Å². The van der Waals surface area contributed by atoms with Gasteiger partial charge in [0.1, 0.15) is 10.3 Å². The quantitative estimate of drug-likeness (QED) is 0.479. The SMILES string of the molecule is COCc1c(NC(=O)Nc2ccc(-c3nnco3)c(Cl)c2)cnc2sc(C)nc12. The zero-order valence-electron chi connectivity index (χ0n) is 15.4. The minimum atomic E-state index is -0.447. The van der Waals surface area contributed by atoms with Crippen LogP contribution in [0.2, 0.25) is 5.02 Å². The molecule has 0 fully saturated rings. The van der Waals surface area contributed by atoms with Crippen LogP contribution in [0.4, 0.5) is 16.2 Å². The number of nitrogens with zero attached hydrogens (tertiary/aromatic N) is 4. The molecular weight excluding hydrogens is 416 g/mol. The van der Waals surface area contributed by atoms with Crippen LogP contribution < -0.4 is 10.6 Å². The molecule has 0 unspecified atom stereocenters. The van der Waals surface area contributed by atoms with Crippen LogP contribution in [0, 0.1) is 6.92 Å². The Morgan fingerprint density at radius 2 is 2.21 bits per heavy atom. The maximum Gasteiger partial charge on any atom is 0.323 e. The van der Waals surface area contributed by atoms with E-state index in [-0.39, 0.29) is 0 Å². The lowest BCUT2D eigenvalue weighted by atomic mass is 10.2. The number of hydrogen-bond donors (Lipinski definition) is 2. The van der Waals surface area contributed by atoms with Gasteiger partial charge in [0, 0.05) is 18.4 Å². The number of amides is 2. The van der Waals surface area contributed by atoms with Crippen LogP contribution in [0.15, 0.2) is 35.2 Å². The molecule has 2 amide bonds. The molecule has 3 heterocycles. The maximum absolute atomic E-state index is 12.5. The Morgan fingerprint density at radius 1 is 1.34 bits per heavy atom. The number of carbonyl (C=O) groups is 1. The lowest BCUT2D eigenvalue weighted by Gasteiger charge is -2.12. The van der Waals surface area contributed by atoms with Crippen molar-refractivity contribution >= 4 is 50.7 Å². The van der Waals surface area contributed by atoms with Crippen molar-refractivity contribution in [1.29, 1.82) is 0 Å². The number of anilines is 2. The zero-order valence-corrected chi connectivity index (χ0v) is 17.0. The summed E-state index contributed by atoms with van der Waals surface area (Å²) >= 11 is 7.75. The molecule has 0 radical (unpaired) electrons. The van der Waals surface area contributed by atoms with E-state index in [1.807, 2.05) is 6.92 Å². The number of hydrogen-bond acceptors (Lipinski definition) is 8. The fourth-order valence-corrected chi connectivity index (χ4v) is 3.82. The number of nitrogens with one attached hydrogen (secondary N) is 2. The van der Waals surface area contributed by atoms with E-state index in [0.717, 1.165) is 20.9 Å². The number of urea groups is 1. The summed E-state index contributed by atoms with van der Waals surface area (Å²) in [6.45, 7) is 2.20. The summed E-state index contributed by atoms with van der Waals surface area (Å²) in [7, 11) is 1.59. The first kappa shape index (κ1) is 19.2. The van der Waals surface area contributed by atoms with Gasteiger partial charge in [0.2, 0.25) is 12.3 Å². The average molecular weight is 431 g/mol. The van der Waals surface area contributed by atoms with E-state index in [4.69, 9.17) is 20.8 Å². The number of halogens is 1. The number of thiazole rings is 1. The van der Waals surface area contributed by atoms with Gasteiger partial charge in [-0.25, -0.2) is 14.8 Å². The van der Waals surface area contributed by atoms with Gasteiger partial charge < -0.3 is 19.8 Å². The van der Waals surface area contributed by atoms with E-state index >= 15 is 0 Å². The summed E-state index contributed by atoms with van der Waals surface area (Å²) in [4.78, 5) is 22.2. The van der Waals surface area contributed by atoms with Crippen molar-refractivity contribution in [3.05, 3.63) is 46.4 Å². The van der Waals surface area contributed by atoms with Crippen LogP contribution in [0.5, 0.6) is 0 Å². The Labute approximate surface area is 174 Å². The summed E-state index contributed by atoms with van der Waals surface area (Å²) in [6.07, 6.45) is 2.82. The van der Waals surface area contributed by atoms with Gasteiger partial charge in [-0.3, -0.25) is 0 Å². The number of aromatic nitrogens is 4. The molecule has 9 nitrogen and oxygen atoms in total. The van der Waals surface area contributed by atoms with Crippen molar-refractivity contribution in [2.45, 2.75) is 13.5 Å². The molecule has 4 rings (SSSR count). The second-order valence-electron chi connectivity index (χ2n) is 5.99. The average Bonchev–Trinajstić information content (AvgIpc) is 3.33. The predicted octanol–water partition coefficient (Wildman–Crippen LogP) is 4.49. The van der Waals surface area contributed by atoms with Crippen LogP contribution in [0.1, 0.15) is 10.6 Å². The number of carbonyl (C=O) groups excluding carboxylic acids is 1. The molecule has 29 heavy (non-hydrogen) atoms. The zero-order chi connectivity index (χ0) is 20.4. The van der Waals surface area contributed by atoms with E-state index in [1.165, 1.54) is 17.7 Å². The van der Waals surface area contributed by atoms with E-state index < -0.39 is 6.03 Å². The molecule has 0 atom stereocenters. The van der Waals surface area contributed by atoms with Gasteiger partial charge >= 0.3 is 6.03 Å². The minimum absolute atomic E-state index is 0.294. The van der Waals surface area contributed by atoms with E-state index in [9.17, 15) is 4.79 Å². The minimum Gasteiger partial charge on any atom is -0.423 e. The predicted molar refractivity (Wildman–Crippen MR) is 110 cm³/mol. The first-order chi connectivity index (χ1) is 14.0. The molecule has 148 valence electrons. The summed E-state index contributed by atoms with van der Waals surface area (Å²) in [6, 6.07) is 4.53. The van der Waals surface area contributed by atoms with Crippen LogP contribution >= 0.6 is 22.9 Å². The van der Waals surface area contributed by atoms with Crippen molar-refractivity contribution < 1.29 is 13.9 Å². The van der Waals surface area contributed by atoms with Gasteiger partial charge in [0.05, 0.1) is 34.1 Å². The fourth-order valence-electron chi connectivity index (χ4n) is 2.77. The topological polar surface area (TPSA) is 115 Å². The van der Waals surface area contributed by atoms with Gasteiger partial charge in [-0.15, -0.1) is 10.2 Å². The number of rotatable bonds is 5. The molecule has 0 bridgehead atoms. The second-order valence-corrected chi connectivity index (χ2v) is 7.58. The van der Waals surface area contributed by atoms with Gasteiger partial charge in [-0.2, -0.15) is 0 Å². The van der Waals surface area contributed by atoms with Gasteiger partial charge in [0.15, 0.2) is 0 Å². The number of fused-ring (bicyclic) bond motifs is 1. The molecule has 0 aliphatic carbocycles. The molecule has 2 N–H and O–H groups in total. The summed E-state index contributed by atoms with van der Waals surface area (Å²) in [5, 5.41) is 14.2. The Hall–Kier alpha value is -3.08. The maximum atomic E-state index is 12.5. The Balaban J connectivity index is 1.54. The Kier molecular flexibility index (Phi) is 5.38. The highest BCUT2D eigenvalue weighted by molar-refractivity contribution is 7.18. The van der Waals surface area contributed by atoms with Crippen LogP contribution in [0.3, 0.4) is 0 Å². The molecule has 0 saturated carbocycles. The normalized spacial score (nSPS) is 11.0. The third-order valence-corrected chi connectivity index (χ3v) is 5.18. The smallest absolute Gasteiger partial charge is 0.323 e. The van der Waals surface area contributed by atoms with Crippen LogP contribution in [0.25, 0.3) is 21.8 Å². The Bertz CT molecular complexity index is 1180. The molecule has 11 heteroatoms. The van der Waals surface area contributed by atoms with Gasteiger partial charge in [-0.1, -0.05) is 22.9 Å². The molecular formula is C18H15ClN6O3S. The monoisotopic (exact) mass is 430 g/mol. The van der Waals surface area contributed by atoms with Crippen molar-refractivity contribution in [2.24, 2.45) is 0 Å². The van der Waals surface area contributed by atoms with Crippen LogP contribution in [-0.4, -0.2) is 33.3 Å². The molecule has 0 aliphatic rings. The molecule has 3 aromatic heterocycles. The third kappa shape index (κ3) is 4.04. The number of benzene rings is 1. The van der Waals surface area contributed by atoms with Crippen molar-refractivity contribution in [3.63, 3.8) is 0 Å².